The van der Waals surface area contributed by atoms with E-state index in [1.807, 2.05) is 30.5 Å². The summed E-state index contributed by atoms with van der Waals surface area (Å²) in [5.74, 6) is 0.873. The van der Waals surface area contributed by atoms with Crippen molar-refractivity contribution in [3.8, 4) is 16.3 Å². The van der Waals surface area contributed by atoms with Crippen molar-refractivity contribution in [3.63, 3.8) is 0 Å². The Morgan fingerprint density at radius 3 is 2.56 bits per heavy atom. The van der Waals surface area contributed by atoms with Crippen LogP contribution in [0.1, 0.15) is 25.1 Å². The zero-order valence-electron chi connectivity index (χ0n) is 11.0. The zero-order valence-corrected chi connectivity index (χ0v) is 11.8. The van der Waals surface area contributed by atoms with Crippen LogP contribution in [-0.4, -0.2) is 17.2 Å². The topological polar surface area (TPSA) is 42.4 Å². The summed E-state index contributed by atoms with van der Waals surface area (Å²) < 4.78 is 5.24. The number of ether oxygens (including phenoxy) is 1. The lowest BCUT2D eigenvalue weighted by Gasteiger charge is -2.13. The SMILES string of the molecule is COc1ccc(-c2nc(C(C)(C)O)cs2)cc1C. The molecule has 1 aromatic carbocycles. The molecule has 0 bridgehead atoms. The normalized spacial score (nSPS) is 11.6. The van der Waals surface area contributed by atoms with Crippen molar-refractivity contribution in [1.29, 1.82) is 0 Å². The van der Waals surface area contributed by atoms with Crippen molar-refractivity contribution >= 4 is 11.3 Å². The van der Waals surface area contributed by atoms with Crippen molar-refractivity contribution in [2.75, 3.05) is 7.11 Å². The molecule has 0 aliphatic carbocycles. The number of rotatable bonds is 3. The molecule has 3 nitrogen and oxygen atoms in total. The predicted molar refractivity (Wildman–Crippen MR) is 74.1 cm³/mol. The third-order valence-electron chi connectivity index (χ3n) is 2.77. The first-order valence-corrected chi connectivity index (χ1v) is 6.63. The van der Waals surface area contributed by atoms with Gasteiger partial charge in [-0.2, -0.15) is 0 Å². The Morgan fingerprint density at radius 1 is 1.33 bits per heavy atom. The maximum Gasteiger partial charge on any atom is 0.123 e. The van der Waals surface area contributed by atoms with Gasteiger partial charge in [-0.25, -0.2) is 4.98 Å². The summed E-state index contributed by atoms with van der Waals surface area (Å²) in [6.07, 6.45) is 0. The molecular formula is C14H17NO2S. The van der Waals surface area contributed by atoms with Gasteiger partial charge in [0.15, 0.2) is 0 Å². The highest BCUT2D eigenvalue weighted by atomic mass is 32.1. The van der Waals surface area contributed by atoms with Gasteiger partial charge in [0.25, 0.3) is 0 Å². The lowest BCUT2D eigenvalue weighted by atomic mass is 10.1. The Labute approximate surface area is 111 Å². The fraction of sp³-hybridized carbons (Fsp3) is 0.357. The molecule has 1 aromatic heterocycles. The van der Waals surface area contributed by atoms with E-state index in [4.69, 9.17) is 4.74 Å². The minimum atomic E-state index is -0.893. The van der Waals surface area contributed by atoms with E-state index in [9.17, 15) is 5.11 Å². The van der Waals surface area contributed by atoms with E-state index < -0.39 is 5.60 Å². The van der Waals surface area contributed by atoms with Crippen LogP contribution in [0.5, 0.6) is 5.75 Å². The van der Waals surface area contributed by atoms with Gasteiger partial charge in [-0.15, -0.1) is 11.3 Å². The molecule has 96 valence electrons. The van der Waals surface area contributed by atoms with Crippen LogP contribution in [0.25, 0.3) is 10.6 Å². The standard InChI is InChI=1S/C14H17NO2S/c1-9-7-10(5-6-11(9)17-4)13-15-12(8-18-13)14(2,3)16/h5-8,16H,1-4H3. The third kappa shape index (κ3) is 2.54. The predicted octanol–water partition coefficient (Wildman–Crippen LogP) is 3.35. The number of aryl methyl sites for hydroxylation is 1. The Hall–Kier alpha value is -1.39. The van der Waals surface area contributed by atoms with Crippen molar-refractivity contribution in [2.45, 2.75) is 26.4 Å². The van der Waals surface area contributed by atoms with Crippen LogP contribution < -0.4 is 4.74 Å². The van der Waals surface area contributed by atoms with Gasteiger partial charge in [0.2, 0.25) is 0 Å². The average Bonchev–Trinajstić information content (AvgIpc) is 2.77. The number of nitrogens with zero attached hydrogens (tertiary/aromatic N) is 1. The van der Waals surface area contributed by atoms with E-state index in [1.54, 1.807) is 21.0 Å². The molecule has 0 radical (unpaired) electrons. The van der Waals surface area contributed by atoms with Crippen molar-refractivity contribution < 1.29 is 9.84 Å². The monoisotopic (exact) mass is 263 g/mol. The summed E-state index contributed by atoms with van der Waals surface area (Å²) in [6.45, 7) is 5.49. The molecule has 2 aromatic rings. The number of aliphatic hydroxyl groups is 1. The number of hydrogen-bond acceptors (Lipinski definition) is 4. The molecule has 0 spiro atoms. The fourth-order valence-electron chi connectivity index (χ4n) is 1.70. The molecule has 1 heterocycles. The van der Waals surface area contributed by atoms with Crippen LogP contribution in [-0.2, 0) is 5.60 Å². The Bertz CT molecular complexity index is 555. The average molecular weight is 263 g/mol. The first-order valence-electron chi connectivity index (χ1n) is 5.75. The Morgan fingerprint density at radius 2 is 2.06 bits per heavy atom. The molecule has 1 N–H and O–H groups in total. The lowest BCUT2D eigenvalue weighted by Crippen LogP contribution is -2.15. The first-order chi connectivity index (χ1) is 8.41. The van der Waals surface area contributed by atoms with Crippen molar-refractivity contribution in [3.05, 3.63) is 34.8 Å². The number of aromatic nitrogens is 1. The van der Waals surface area contributed by atoms with Crippen LogP contribution in [0.4, 0.5) is 0 Å². The van der Waals surface area contributed by atoms with Gasteiger partial charge in [-0.3, -0.25) is 0 Å². The molecule has 0 aliphatic heterocycles. The molecule has 0 aliphatic rings. The van der Waals surface area contributed by atoms with E-state index in [0.29, 0.717) is 5.69 Å². The summed E-state index contributed by atoms with van der Waals surface area (Å²) in [7, 11) is 1.66. The van der Waals surface area contributed by atoms with E-state index in [-0.39, 0.29) is 0 Å². The molecule has 0 saturated carbocycles. The lowest BCUT2D eigenvalue weighted by molar-refractivity contribution is 0.0746. The maximum atomic E-state index is 9.91. The molecule has 0 amide bonds. The van der Waals surface area contributed by atoms with Gasteiger partial charge in [0, 0.05) is 10.9 Å². The number of hydrogen-bond donors (Lipinski definition) is 1. The molecule has 4 heteroatoms. The molecule has 0 saturated heterocycles. The van der Waals surface area contributed by atoms with Gasteiger partial charge < -0.3 is 9.84 Å². The largest absolute Gasteiger partial charge is 0.496 e. The second-order valence-electron chi connectivity index (χ2n) is 4.78. The highest BCUT2D eigenvalue weighted by Crippen LogP contribution is 2.31. The van der Waals surface area contributed by atoms with Gasteiger partial charge in [0.1, 0.15) is 16.4 Å². The number of methoxy groups -OCH3 is 1. The number of thiazole rings is 1. The molecule has 0 atom stereocenters. The summed E-state index contributed by atoms with van der Waals surface area (Å²) in [5, 5.41) is 12.7. The minimum Gasteiger partial charge on any atom is -0.496 e. The van der Waals surface area contributed by atoms with Gasteiger partial charge >= 0.3 is 0 Å². The van der Waals surface area contributed by atoms with E-state index in [1.165, 1.54) is 11.3 Å². The second-order valence-corrected chi connectivity index (χ2v) is 5.64. The Balaban J connectivity index is 2.38. The Kier molecular flexibility index (Phi) is 3.41. The smallest absolute Gasteiger partial charge is 0.123 e. The van der Waals surface area contributed by atoms with Crippen LogP contribution in [0.3, 0.4) is 0 Å². The third-order valence-corrected chi connectivity index (χ3v) is 3.66. The number of benzene rings is 1. The van der Waals surface area contributed by atoms with Gasteiger partial charge in [0.05, 0.1) is 12.8 Å². The minimum absolute atomic E-state index is 0.705. The summed E-state index contributed by atoms with van der Waals surface area (Å²) in [6, 6.07) is 5.97. The van der Waals surface area contributed by atoms with E-state index >= 15 is 0 Å². The first kappa shape index (κ1) is 13.1. The van der Waals surface area contributed by atoms with Crippen LogP contribution in [0.2, 0.25) is 0 Å². The maximum absolute atomic E-state index is 9.91. The molecule has 18 heavy (non-hydrogen) atoms. The summed E-state index contributed by atoms with van der Waals surface area (Å²) in [4.78, 5) is 4.48. The van der Waals surface area contributed by atoms with Crippen LogP contribution >= 0.6 is 11.3 Å². The molecular weight excluding hydrogens is 246 g/mol. The van der Waals surface area contributed by atoms with E-state index in [0.717, 1.165) is 21.9 Å². The van der Waals surface area contributed by atoms with Crippen LogP contribution in [0, 0.1) is 6.92 Å². The van der Waals surface area contributed by atoms with Crippen molar-refractivity contribution in [1.82, 2.24) is 4.98 Å². The second kappa shape index (κ2) is 4.71. The van der Waals surface area contributed by atoms with E-state index in [2.05, 4.69) is 4.98 Å². The molecule has 0 fully saturated rings. The molecule has 2 rings (SSSR count). The highest BCUT2D eigenvalue weighted by Gasteiger charge is 2.20. The van der Waals surface area contributed by atoms with Gasteiger partial charge in [-0.1, -0.05) is 0 Å². The molecule has 0 unspecified atom stereocenters. The van der Waals surface area contributed by atoms with Gasteiger partial charge in [-0.05, 0) is 44.5 Å². The summed E-state index contributed by atoms with van der Waals surface area (Å²) in [5.41, 5.74) is 1.94. The fourth-order valence-corrected chi connectivity index (χ4v) is 2.68. The quantitative estimate of drug-likeness (QED) is 0.923. The zero-order chi connectivity index (χ0) is 13.3. The highest BCUT2D eigenvalue weighted by molar-refractivity contribution is 7.13. The van der Waals surface area contributed by atoms with Crippen molar-refractivity contribution in [2.24, 2.45) is 0 Å². The van der Waals surface area contributed by atoms with Crippen LogP contribution in [0.15, 0.2) is 23.6 Å². The summed E-state index contributed by atoms with van der Waals surface area (Å²) >= 11 is 1.54.